The van der Waals surface area contributed by atoms with E-state index in [1.165, 1.54) is 16.2 Å². The van der Waals surface area contributed by atoms with Gasteiger partial charge in [-0.15, -0.1) is 11.3 Å². The molecule has 3 aromatic rings. The van der Waals surface area contributed by atoms with E-state index in [4.69, 9.17) is 9.47 Å². The van der Waals surface area contributed by atoms with Crippen molar-refractivity contribution in [3.05, 3.63) is 87.6 Å². The van der Waals surface area contributed by atoms with Crippen molar-refractivity contribution in [2.24, 2.45) is 0 Å². The van der Waals surface area contributed by atoms with Crippen molar-refractivity contribution in [3.63, 3.8) is 0 Å². The average Bonchev–Trinajstić information content (AvgIpc) is 3.55. The Balaban J connectivity index is 1.43. The number of cyclic esters (lactones) is 1. The summed E-state index contributed by atoms with van der Waals surface area (Å²) in [4.78, 5) is 43.2. The summed E-state index contributed by atoms with van der Waals surface area (Å²) in [6.45, 7) is 4.10. The molecule has 3 heterocycles. The molecular formula is C27H27N3O5S. The van der Waals surface area contributed by atoms with E-state index in [9.17, 15) is 14.4 Å². The minimum atomic E-state index is -0.833. The van der Waals surface area contributed by atoms with Crippen LogP contribution in [0.4, 0.5) is 10.5 Å². The molecule has 0 aliphatic carbocycles. The van der Waals surface area contributed by atoms with Crippen LogP contribution in [0.15, 0.2) is 66.0 Å². The molecule has 186 valence electrons. The smallest absolute Gasteiger partial charge is 0.411 e. The zero-order valence-electron chi connectivity index (χ0n) is 19.9. The highest BCUT2D eigenvalue weighted by Gasteiger charge is 2.48. The SMILES string of the molecule is Cc1ccc(CN2C(=O)O[C@H](c3cccc(NC(=O)c4cccs4)c3)[C@H]2C(=O)N2CCOCC2)cc1. The van der Waals surface area contributed by atoms with Crippen LogP contribution in [0.2, 0.25) is 0 Å². The van der Waals surface area contributed by atoms with Gasteiger partial charge in [0.25, 0.3) is 5.91 Å². The summed E-state index contributed by atoms with van der Waals surface area (Å²) >= 11 is 1.35. The minimum absolute atomic E-state index is 0.172. The number of rotatable bonds is 6. The Hall–Kier alpha value is -3.69. The second kappa shape index (κ2) is 10.5. The highest BCUT2D eigenvalue weighted by atomic mass is 32.1. The third-order valence-electron chi connectivity index (χ3n) is 6.35. The van der Waals surface area contributed by atoms with Gasteiger partial charge in [-0.3, -0.25) is 14.5 Å². The average molecular weight is 506 g/mol. The lowest BCUT2D eigenvalue weighted by Gasteiger charge is -2.33. The van der Waals surface area contributed by atoms with Gasteiger partial charge in [-0.05, 0) is 41.6 Å². The zero-order chi connectivity index (χ0) is 25.1. The molecule has 36 heavy (non-hydrogen) atoms. The van der Waals surface area contributed by atoms with Gasteiger partial charge in [0, 0.05) is 18.8 Å². The lowest BCUT2D eigenvalue weighted by atomic mass is 9.99. The van der Waals surface area contributed by atoms with E-state index in [0.29, 0.717) is 42.4 Å². The van der Waals surface area contributed by atoms with Crippen LogP contribution < -0.4 is 5.32 Å². The van der Waals surface area contributed by atoms with Crippen LogP contribution in [0.3, 0.4) is 0 Å². The predicted molar refractivity (Wildman–Crippen MR) is 136 cm³/mol. The Bertz CT molecular complexity index is 1240. The summed E-state index contributed by atoms with van der Waals surface area (Å²) < 4.78 is 11.2. The lowest BCUT2D eigenvalue weighted by Crippen LogP contribution is -2.51. The van der Waals surface area contributed by atoms with E-state index < -0.39 is 18.2 Å². The first-order valence-electron chi connectivity index (χ1n) is 11.8. The van der Waals surface area contributed by atoms with Gasteiger partial charge < -0.3 is 19.7 Å². The molecular weight excluding hydrogens is 478 g/mol. The van der Waals surface area contributed by atoms with Crippen LogP contribution in [0.25, 0.3) is 0 Å². The molecule has 2 atom stereocenters. The normalized spacial score (nSPS) is 19.8. The van der Waals surface area contributed by atoms with Gasteiger partial charge in [0.05, 0.1) is 24.6 Å². The van der Waals surface area contributed by atoms with Crippen molar-refractivity contribution in [1.82, 2.24) is 9.80 Å². The Morgan fingerprint density at radius 1 is 1.06 bits per heavy atom. The maximum absolute atomic E-state index is 13.7. The first-order valence-corrected chi connectivity index (χ1v) is 12.7. The topological polar surface area (TPSA) is 88.2 Å². The van der Waals surface area contributed by atoms with Crippen molar-refractivity contribution in [1.29, 1.82) is 0 Å². The van der Waals surface area contributed by atoms with Gasteiger partial charge >= 0.3 is 6.09 Å². The van der Waals surface area contributed by atoms with Crippen LogP contribution >= 0.6 is 11.3 Å². The Labute approximate surface area is 213 Å². The molecule has 0 saturated carbocycles. The third kappa shape index (κ3) is 5.12. The molecule has 9 heteroatoms. The zero-order valence-corrected chi connectivity index (χ0v) is 20.7. The van der Waals surface area contributed by atoms with Crippen LogP contribution in [0.1, 0.15) is 32.5 Å². The predicted octanol–water partition coefficient (Wildman–Crippen LogP) is 4.23. The number of amides is 3. The van der Waals surface area contributed by atoms with Crippen molar-refractivity contribution in [3.8, 4) is 0 Å². The van der Waals surface area contributed by atoms with E-state index in [1.54, 1.807) is 29.2 Å². The summed E-state index contributed by atoms with van der Waals surface area (Å²) in [7, 11) is 0. The largest absolute Gasteiger partial charge is 0.438 e. The number of nitrogens with zero attached hydrogens (tertiary/aromatic N) is 2. The van der Waals surface area contributed by atoms with E-state index in [-0.39, 0.29) is 18.4 Å². The molecule has 1 aromatic heterocycles. The van der Waals surface area contributed by atoms with E-state index in [2.05, 4.69) is 5.32 Å². The highest BCUT2D eigenvalue weighted by molar-refractivity contribution is 7.12. The maximum atomic E-state index is 13.7. The number of nitrogens with one attached hydrogen (secondary N) is 1. The molecule has 0 radical (unpaired) electrons. The third-order valence-corrected chi connectivity index (χ3v) is 7.22. The number of hydrogen-bond acceptors (Lipinski definition) is 6. The minimum Gasteiger partial charge on any atom is -0.438 e. The Kier molecular flexibility index (Phi) is 7.02. The molecule has 3 amide bonds. The summed E-state index contributed by atoms with van der Waals surface area (Å²) in [6.07, 6.45) is -1.35. The van der Waals surface area contributed by atoms with Crippen molar-refractivity contribution in [2.75, 3.05) is 31.6 Å². The monoisotopic (exact) mass is 505 g/mol. The summed E-state index contributed by atoms with van der Waals surface area (Å²) in [5.41, 5.74) is 3.24. The van der Waals surface area contributed by atoms with E-state index >= 15 is 0 Å². The second-order valence-corrected chi connectivity index (χ2v) is 9.80. The molecule has 2 aromatic carbocycles. The summed E-state index contributed by atoms with van der Waals surface area (Å²) in [5.74, 6) is -0.387. The molecule has 0 unspecified atom stereocenters. The molecule has 8 nitrogen and oxygen atoms in total. The number of carbonyl (C=O) groups excluding carboxylic acids is 3. The lowest BCUT2D eigenvalue weighted by molar-refractivity contribution is -0.141. The number of carbonyl (C=O) groups is 3. The second-order valence-electron chi connectivity index (χ2n) is 8.86. The van der Waals surface area contributed by atoms with Crippen LogP contribution in [0.5, 0.6) is 0 Å². The quantitative estimate of drug-likeness (QED) is 0.542. The highest BCUT2D eigenvalue weighted by Crippen LogP contribution is 2.36. The number of benzene rings is 2. The van der Waals surface area contributed by atoms with Crippen LogP contribution in [-0.4, -0.2) is 60.1 Å². The van der Waals surface area contributed by atoms with Gasteiger partial charge in [0.2, 0.25) is 5.91 Å². The molecule has 2 fully saturated rings. The fourth-order valence-corrected chi connectivity index (χ4v) is 5.07. The van der Waals surface area contributed by atoms with Crippen LogP contribution in [0, 0.1) is 6.92 Å². The van der Waals surface area contributed by atoms with Crippen LogP contribution in [-0.2, 0) is 20.8 Å². The summed E-state index contributed by atoms with van der Waals surface area (Å²) in [6, 6.07) is 17.7. The first kappa shape index (κ1) is 24.0. The number of anilines is 1. The van der Waals surface area contributed by atoms with Crippen molar-refractivity contribution in [2.45, 2.75) is 25.6 Å². The van der Waals surface area contributed by atoms with Gasteiger partial charge in [0.1, 0.15) is 0 Å². The van der Waals surface area contributed by atoms with Gasteiger partial charge in [-0.1, -0.05) is 48.0 Å². The molecule has 0 spiro atoms. The molecule has 1 N–H and O–H groups in total. The molecule has 5 rings (SSSR count). The molecule has 0 bridgehead atoms. The number of ether oxygens (including phenoxy) is 2. The Morgan fingerprint density at radius 2 is 1.83 bits per heavy atom. The first-order chi connectivity index (χ1) is 17.5. The van der Waals surface area contributed by atoms with Crippen molar-refractivity contribution >= 4 is 34.9 Å². The van der Waals surface area contributed by atoms with Crippen molar-refractivity contribution < 1.29 is 23.9 Å². The Morgan fingerprint density at radius 3 is 2.56 bits per heavy atom. The van der Waals surface area contributed by atoms with Gasteiger partial charge in [-0.2, -0.15) is 0 Å². The standard InChI is InChI=1S/C27H27N3O5S/c1-18-7-9-19(10-8-18)17-30-23(26(32)29-11-13-34-14-12-29)24(35-27(30)33)20-4-2-5-21(16-20)28-25(31)22-6-3-15-36-22/h2-10,15-16,23-24H,11-14,17H2,1H3,(H,28,31)/t23-,24+/m0/s1. The number of aryl methyl sites for hydroxylation is 1. The molecule has 2 aliphatic heterocycles. The molecule has 2 saturated heterocycles. The summed E-state index contributed by atoms with van der Waals surface area (Å²) in [5, 5.41) is 4.73. The maximum Gasteiger partial charge on any atom is 0.411 e. The molecule has 2 aliphatic rings. The van der Waals surface area contributed by atoms with Gasteiger partial charge in [-0.25, -0.2) is 4.79 Å². The van der Waals surface area contributed by atoms with Gasteiger partial charge in [0.15, 0.2) is 12.1 Å². The number of thiophene rings is 1. The number of morpholine rings is 1. The fraction of sp³-hybridized carbons (Fsp3) is 0.296. The number of hydrogen-bond donors (Lipinski definition) is 1. The van der Waals surface area contributed by atoms with E-state index in [1.807, 2.05) is 48.7 Å². The van der Waals surface area contributed by atoms with E-state index in [0.717, 1.165) is 11.1 Å². The fourth-order valence-electron chi connectivity index (χ4n) is 4.45.